The molecule has 0 rings (SSSR count). The number of carboxylic acid groups (broad SMARTS) is 2. The van der Waals surface area contributed by atoms with E-state index in [1.807, 2.05) is 0 Å². The molecule has 0 heterocycles. The highest BCUT2D eigenvalue weighted by Crippen LogP contribution is 1.95. The number of aliphatic carboxylic acids is 2. The molecule has 0 amide bonds. The summed E-state index contributed by atoms with van der Waals surface area (Å²) in [5.74, 6) is -2.39. The van der Waals surface area contributed by atoms with Crippen molar-refractivity contribution < 1.29 is 30.0 Å². The van der Waals surface area contributed by atoms with Crippen LogP contribution in [0.3, 0.4) is 0 Å². The van der Waals surface area contributed by atoms with Gasteiger partial charge in [0.05, 0.1) is 13.2 Å². The van der Waals surface area contributed by atoms with Gasteiger partial charge in [-0.2, -0.15) is 0 Å². The SMILES string of the molecule is C[C@](N)(CO)C(=O)O.C[C@](N)(CO)C(=O)O. The predicted octanol–water partition coefficient (Wildman–Crippen LogP) is -2.44. The van der Waals surface area contributed by atoms with E-state index < -0.39 is 36.2 Å². The second-order valence-electron chi connectivity index (χ2n) is 3.76. The van der Waals surface area contributed by atoms with Gasteiger partial charge in [0.15, 0.2) is 0 Å². The zero-order chi connectivity index (χ0) is 13.6. The summed E-state index contributed by atoms with van der Waals surface area (Å²) in [5.41, 5.74) is 7.05. The number of hydrogen-bond acceptors (Lipinski definition) is 6. The fourth-order valence-electron chi connectivity index (χ4n) is 0.135. The van der Waals surface area contributed by atoms with Gasteiger partial charge in [0, 0.05) is 0 Å². The van der Waals surface area contributed by atoms with E-state index in [1.54, 1.807) is 0 Å². The van der Waals surface area contributed by atoms with E-state index in [0.29, 0.717) is 0 Å². The van der Waals surface area contributed by atoms with Gasteiger partial charge in [-0.1, -0.05) is 0 Å². The number of nitrogens with two attached hydrogens (primary N) is 2. The lowest BCUT2D eigenvalue weighted by Gasteiger charge is -2.13. The molecule has 0 bridgehead atoms. The van der Waals surface area contributed by atoms with E-state index in [0.717, 1.165) is 0 Å². The molecule has 0 aliphatic rings. The Kier molecular flexibility index (Phi) is 6.85. The fraction of sp³-hybridized carbons (Fsp3) is 0.750. The predicted molar refractivity (Wildman–Crippen MR) is 54.6 cm³/mol. The Labute approximate surface area is 92.5 Å². The van der Waals surface area contributed by atoms with Crippen LogP contribution >= 0.6 is 0 Å². The maximum atomic E-state index is 9.97. The van der Waals surface area contributed by atoms with Crippen molar-refractivity contribution in [1.29, 1.82) is 0 Å². The van der Waals surface area contributed by atoms with Gasteiger partial charge in [0.1, 0.15) is 11.1 Å². The molecular formula is C8H18N2O6. The third-order valence-corrected chi connectivity index (χ3v) is 1.63. The summed E-state index contributed by atoms with van der Waals surface area (Å²) in [4.78, 5) is 19.9. The smallest absolute Gasteiger partial charge is 0.325 e. The molecule has 8 nitrogen and oxygen atoms in total. The Balaban J connectivity index is 0. The van der Waals surface area contributed by atoms with Crippen LogP contribution in [0, 0.1) is 0 Å². The fourth-order valence-corrected chi connectivity index (χ4v) is 0.135. The molecule has 16 heavy (non-hydrogen) atoms. The minimum atomic E-state index is -1.49. The number of carboxylic acids is 2. The van der Waals surface area contributed by atoms with Gasteiger partial charge < -0.3 is 31.9 Å². The van der Waals surface area contributed by atoms with E-state index in [1.165, 1.54) is 13.8 Å². The first kappa shape index (κ1) is 17.2. The zero-order valence-corrected chi connectivity index (χ0v) is 9.17. The summed E-state index contributed by atoms with van der Waals surface area (Å²) in [6.45, 7) is 1.41. The van der Waals surface area contributed by atoms with Crippen molar-refractivity contribution in [2.75, 3.05) is 13.2 Å². The van der Waals surface area contributed by atoms with E-state index >= 15 is 0 Å². The van der Waals surface area contributed by atoms with Crippen LogP contribution < -0.4 is 11.5 Å². The molecule has 0 saturated heterocycles. The van der Waals surface area contributed by atoms with Crippen LogP contribution in [0.5, 0.6) is 0 Å². The summed E-state index contributed by atoms with van der Waals surface area (Å²) in [6, 6.07) is 0. The molecule has 8 heteroatoms. The first-order chi connectivity index (χ1) is 7.01. The van der Waals surface area contributed by atoms with Crippen LogP contribution in [0.1, 0.15) is 13.8 Å². The number of rotatable bonds is 4. The van der Waals surface area contributed by atoms with Gasteiger partial charge in [-0.15, -0.1) is 0 Å². The van der Waals surface area contributed by atoms with Crippen LogP contribution in [0.25, 0.3) is 0 Å². The van der Waals surface area contributed by atoms with Gasteiger partial charge in [-0.05, 0) is 13.8 Å². The van der Waals surface area contributed by atoms with E-state index in [4.69, 9.17) is 31.9 Å². The maximum absolute atomic E-state index is 9.97. The molecule has 8 N–H and O–H groups in total. The molecule has 0 spiro atoms. The monoisotopic (exact) mass is 238 g/mol. The number of hydrogen-bond donors (Lipinski definition) is 6. The summed E-state index contributed by atoms with van der Waals surface area (Å²) in [7, 11) is 0. The van der Waals surface area contributed by atoms with Crippen molar-refractivity contribution >= 4 is 11.9 Å². The van der Waals surface area contributed by atoms with E-state index in [2.05, 4.69) is 0 Å². The summed E-state index contributed by atoms with van der Waals surface area (Å²) in [6.07, 6.45) is 0. The van der Waals surface area contributed by atoms with Crippen molar-refractivity contribution in [2.45, 2.75) is 24.9 Å². The highest BCUT2D eigenvalue weighted by molar-refractivity contribution is 5.78. The number of aliphatic hydroxyl groups excluding tert-OH is 2. The topological polar surface area (TPSA) is 167 Å². The third-order valence-electron chi connectivity index (χ3n) is 1.63. The Morgan fingerprint density at radius 1 is 0.938 bits per heavy atom. The van der Waals surface area contributed by atoms with Gasteiger partial charge in [-0.25, -0.2) is 0 Å². The average Bonchev–Trinajstić information content (AvgIpc) is 2.18. The minimum Gasteiger partial charge on any atom is -0.480 e. The highest BCUT2D eigenvalue weighted by Gasteiger charge is 2.26. The van der Waals surface area contributed by atoms with Crippen molar-refractivity contribution in [2.24, 2.45) is 11.5 Å². The van der Waals surface area contributed by atoms with Crippen LogP contribution in [0.2, 0.25) is 0 Å². The molecule has 0 aliphatic carbocycles. The molecule has 0 fully saturated rings. The van der Waals surface area contributed by atoms with Gasteiger partial charge in [-0.3, -0.25) is 9.59 Å². The third kappa shape index (κ3) is 6.30. The molecule has 0 saturated carbocycles. The van der Waals surface area contributed by atoms with Crippen LogP contribution in [0.15, 0.2) is 0 Å². The molecule has 0 aromatic carbocycles. The Bertz CT molecular complexity index is 225. The Hall–Kier alpha value is -1.22. The molecule has 0 aliphatic heterocycles. The number of aliphatic hydroxyl groups is 2. The maximum Gasteiger partial charge on any atom is 0.325 e. The first-order valence-electron chi connectivity index (χ1n) is 4.27. The van der Waals surface area contributed by atoms with Gasteiger partial charge in [0.25, 0.3) is 0 Å². The highest BCUT2D eigenvalue weighted by atomic mass is 16.4. The van der Waals surface area contributed by atoms with Gasteiger partial charge >= 0.3 is 11.9 Å². The second-order valence-corrected chi connectivity index (χ2v) is 3.76. The summed E-state index contributed by atoms with van der Waals surface area (Å²) >= 11 is 0. The standard InChI is InChI=1S/2C4H9NO3/c2*1-4(5,2-6)3(7)8/h2*6H,2,5H2,1H3,(H,7,8)/t2*4-/m00/s1. The second kappa shape index (κ2) is 6.38. The summed E-state index contributed by atoms with van der Waals surface area (Å²) < 4.78 is 0. The molecule has 0 radical (unpaired) electrons. The lowest BCUT2D eigenvalue weighted by atomic mass is 10.1. The minimum absolute atomic E-state index is 0.539. The van der Waals surface area contributed by atoms with Crippen molar-refractivity contribution in [3.8, 4) is 0 Å². The molecular weight excluding hydrogens is 220 g/mol. The Morgan fingerprint density at radius 3 is 1.12 bits per heavy atom. The van der Waals surface area contributed by atoms with Crippen LogP contribution in [0.4, 0.5) is 0 Å². The Morgan fingerprint density at radius 2 is 1.12 bits per heavy atom. The van der Waals surface area contributed by atoms with E-state index in [9.17, 15) is 9.59 Å². The van der Waals surface area contributed by atoms with Crippen molar-refractivity contribution in [1.82, 2.24) is 0 Å². The average molecular weight is 238 g/mol. The first-order valence-corrected chi connectivity index (χ1v) is 4.27. The molecule has 2 atom stereocenters. The normalized spacial score (nSPS) is 17.4. The van der Waals surface area contributed by atoms with Gasteiger partial charge in [0.2, 0.25) is 0 Å². The molecule has 0 aromatic rings. The number of carbonyl (C=O) groups is 2. The van der Waals surface area contributed by atoms with Crippen LogP contribution in [-0.2, 0) is 9.59 Å². The molecule has 96 valence electrons. The zero-order valence-electron chi connectivity index (χ0n) is 9.17. The lowest BCUT2D eigenvalue weighted by Crippen LogP contribution is -2.48. The van der Waals surface area contributed by atoms with Crippen molar-refractivity contribution in [3.05, 3.63) is 0 Å². The largest absolute Gasteiger partial charge is 0.480 e. The van der Waals surface area contributed by atoms with E-state index in [-0.39, 0.29) is 0 Å². The quantitative estimate of drug-likeness (QED) is 0.314. The molecule has 0 aromatic heterocycles. The lowest BCUT2D eigenvalue weighted by molar-refractivity contribution is -0.145. The summed E-state index contributed by atoms with van der Waals surface area (Å²) in [5, 5.41) is 32.8. The van der Waals surface area contributed by atoms with Crippen LogP contribution in [-0.4, -0.2) is 56.7 Å². The molecule has 0 unspecified atom stereocenters. The van der Waals surface area contributed by atoms with Crippen molar-refractivity contribution in [3.63, 3.8) is 0 Å².